The van der Waals surface area contributed by atoms with E-state index in [0.717, 1.165) is 22.7 Å². The fourth-order valence-corrected chi connectivity index (χ4v) is 10.1. The predicted octanol–water partition coefficient (Wildman–Crippen LogP) is 7.75. The molecule has 3 N–H and O–H groups in total. The number of benzene rings is 4. The van der Waals surface area contributed by atoms with Gasteiger partial charge >= 0.3 is 0 Å². The number of halogens is 2. The van der Waals surface area contributed by atoms with Crippen LogP contribution in [-0.2, 0) is 20.0 Å². The minimum Gasteiger partial charge on any atom is -0.496 e. The molecule has 0 aliphatic heterocycles. The predicted molar refractivity (Wildman–Crippen MR) is 210 cm³/mol. The summed E-state index contributed by atoms with van der Waals surface area (Å²) in [5.74, 6) is 0.509. The summed E-state index contributed by atoms with van der Waals surface area (Å²) in [6.07, 6.45) is -2.10. The number of para-hydroxylation sites is 1. The van der Waals surface area contributed by atoms with E-state index in [2.05, 4.69) is 14.7 Å². The molecule has 280 valence electrons. The highest BCUT2D eigenvalue weighted by molar-refractivity contribution is 7.94. The van der Waals surface area contributed by atoms with Crippen LogP contribution in [0.25, 0.3) is 0 Å². The lowest BCUT2D eigenvalue weighted by Crippen LogP contribution is -2.22. The minimum absolute atomic E-state index is 0.0452. The normalized spacial score (nSPS) is 12.5. The summed E-state index contributed by atoms with van der Waals surface area (Å²) < 4.78 is 59.0. The second-order valence-electron chi connectivity index (χ2n) is 11.4. The molecule has 2 heterocycles. The second-order valence-corrected chi connectivity index (χ2v) is 17.4. The topological polar surface area (TPSA) is 183 Å². The maximum absolute atomic E-state index is 12.8. The molecule has 0 amide bonds. The lowest BCUT2D eigenvalue weighted by atomic mass is 10.1. The molecule has 0 bridgehead atoms. The van der Waals surface area contributed by atoms with Crippen molar-refractivity contribution in [2.45, 2.75) is 35.8 Å². The van der Waals surface area contributed by atoms with Crippen LogP contribution >= 0.6 is 46.1 Å². The first-order valence-corrected chi connectivity index (χ1v) is 21.0. The van der Waals surface area contributed by atoms with Gasteiger partial charge in [0.25, 0.3) is 20.0 Å². The molecule has 4 aromatic carbocycles. The number of nitrogens with zero attached hydrogens (tertiary/aromatic N) is 4. The number of ether oxygens (including phenoxy) is 1. The van der Waals surface area contributed by atoms with Crippen LogP contribution in [0, 0.1) is 25.2 Å². The Morgan fingerprint density at radius 3 is 2.15 bits per heavy atom. The van der Waals surface area contributed by atoms with Crippen LogP contribution in [0.4, 0.5) is 10.3 Å². The minimum atomic E-state index is -3.97. The largest absolute Gasteiger partial charge is 0.496 e. The third-order valence-electron chi connectivity index (χ3n) is 7.84. The Morgan fingerprint density at radius 1 is 0.833 bits per heavy atom. The zero-order chi connectivity index (χ0) is 39.2. The first-order chi connectivity index (χ1) is 25.7. The van der Waals surface area contributed by atoms with E-state index >= 15 is 0 Å². The average molecular weight is 845 g/mol. The maximum Gasteiger partial charge on any atom is 0.280 e. The molecule has 0 saturated heterocycles. The summed E-state index contributed by atoms with van der Waals surface area (Å²) in [6.45, 7) is 3.31. The van der Waals surface area contributed by atoms with E-state index in [0.29, 0.717) is 48.1 Å². The van der Waals surface area contributed by atoms with E-state index in [1.54, 1.807) is 103 Å². The number of aliphatic hydroxyl groups is 2. The monoisotopic (exact) mass is 843 g/mol. The van der Waals surface area contributed by atoms with E-state index in [1.165, 1.54) is 19.2 Å². The Hall–Kier alpha value is -4.57. The zero-order valence-electron chi connectivity index (χ0n) is 28.6. The van der Waals surface area contributed by atoms with Crippen molar-refractivity contribution >= 4 is 76.4 Å². The number of thiazole rings is 2. The first-order valence-electron chi connectivity index (χ1n) is 15.6. The van der Waals surface area contributed by atoms with Gasteiger partial charge in [-0.25, -0.2) is 18.4 Å². The number of nitrogens with one attached hydrogen (secondary N) is 1. The Morgan fingerprint density at radius 2 is 1.46 bits per heavy atom. The highest BCUT2D eigenvalue weighted by Gasteiger charge is 2.29. The molecular weight excluding hydrogens is 814 g/mol. The van der Waals surface area contributed by atoms with Gasteiger partial charge in [-0.2, -0.15) is 13.7 Å². The van der Waals surface area contributed by atoms with E-state index < -0.39 is 32.3 Å². The number of aromatic nitrogens is 2. The number of hydrogen-bond donors (Lipinski definition) is 3. The molecular formula is C36H31Cl2N5O7S4. The Bertz CT molecular complexity index is 2520. The molecule has 6 aromatic rings. The van der Waals surface area contributed by atoms with Crippen molar-refractivity contribution in [3.05, 3.63) is 146 Å². The van der Waals surface area contributed by atoms with Crippen LogP contribution in [-0.4, -0.2) is 44.1 Å². The highest BCUT2D eigenvalue weighted by atomic mass is 35.5. The summed E-state index contributed by atoms with van der Waals surface area (Å²) in [6, 6.07) is 26.6. The average Bonchev–Trinajstić information content (AvgIpc) is 3.86. The van der Waals surface area contributed by atoms with Crippen molar-refractivity contribution in [2.24, 2.45) is 0 Å². The van der Waals surface area contributed by atoms with Crippen molar-refractivity contribution in [3.63, 3.8) is 0 Å². The quantitative estimate of drug-likeness (QED) is 0.109. The van der Waals surface area contributed by atoms with Crippen LogP contribution in [0.5, 0.6) is 5.75 Å². The molecule has 2 aromatic heterocycles. The van der Waals surface area contributed by atoms with Crippen molar-refractivity contribution in [3.8, 4) is 11.8 Å². The van der Waals surface area contributed by atoms with Crippen molar-refractivity contribution in [1.82, 2.24) is 9.97 Å². The van der Waals surface area contributed by atoms with Crippen molar-refractivity contribution < 1.29 is 31.8 Å². The van der Waals surface area contributed by atoms with Crippen LogP contribution in [0.1, 0.15) is 51.4 Å². The third-order valence-corrected chi connectivity index (χ3v) is 14.0. The summed E-state index contributed by atoms with van der Waals surface area (Å²) in [4.78, 5) is 8.55. The zero-order valence-corrected chi connectivity index (χ0v) is 33.4. The molecule has 0 saturated carbocycles. The number of hydrogen-bond acceptors (Lipinski definition) is 12. The van der Waals surface area contributed by atoms with E-state index in [-0.39, 0.29) is 25.7 Å². The first kappa shape index (κ1) is 40.6. The van der Waals surface area contributed by atoms with Crippen LogP contribution in [0.2, 0.25) is 5.02 Å². The Balaban J connectivity index is 0.000000208. The van der Waals surface area contributed by atoms with Crippen LogP contribution in [0.3, 0.4) is 0 Å². The van der Waals surface area contributed by atoms with Gasteiger partial charge in [-0.1, -0.05) is 66.2 Å². The van der Waals surface area contributed by atoms with Gasteiger partial charge < -0.3 is 14.9 Å². The van der Waals surface area contributed by atoms with E-state index in [4.69, 9.17) is 33.4 Å². The number of aryl methyl sites for hydroxylation is 1. The summed E-state index contributed by atoms with van der Waals surface area (Å²) >= 11 is 14.2. The molecule has 0 fully saturated rings. The molecule has 6 rings (SSSR count). The molecule has 54 heavy (non-hydrogen) atoms. The van der Waals surface area contributed by atoms with E-state index in [1.807, 2.05) is 6.07 Å². The Labute approximate surface area is 330 Å². The van der Waals surface area contributed by atoms with Gasteiger partial charge in [-0.3, -0.25) is 4.72 Å². The van der Waals surface area contributed by atoms with Gasteiger partial charge in [-0.15, -0.1) is 26.5 Å². The fraction of sp³-hybridized carbons (Fsp3) is 0.139. The lowest BCUT2D eigenvalue weighted by Gasteiger charge is -2.15. The van der Waals surface area contributed by atoms with Gasteiger partial charge in [-0.05, 0) is 66.9 Å². The molecule has 0 radical (unpaired) electrons. The molecule has 0 aliphatic carbocycles. The molecule has 0 aliphatic rings. The number of sulfonamides is 2. The highest BCUT2D eigenvalue weighted by Crippen LogP contribution is 2.35. The summed E-state index contributed by atoms with van der Waals surface area (Å²) in [7, 11) is -6.32. The van der Waals surface area contributed by atoms with Crippen LogP contribution in [0.15, 0.2) is 112 Å². The van der Waals surface area contributed by atoms with Crippen LogP contribution < -0.4 is 13.3 Å². The van der Waals surface area contributed by atoms with Gasteiger partial charge in [0.15, 0.2) is 5.13 Å². The second kappa shape index (κ2) is 17.3. The van der Waals surface area contributed by atoms with Crippen molar-refractivity contribution in [2.75, 3.05) is 15.7 Å². The number of aliphatic hydroxyl groups excluding tert-OH is 2. The van der Waals surface area contributed by atoms with E-state index in [9.17, 15) is 27.0 Å². The van der Waals surface area contributed by atoms with Gasteiger partial charge in [0.05, 0.1) is 39.9 Å². The molecule has 12 nitrogen and oxygen atoms in total. The number of anilines is 2. The molecule has 2 unspecified atom stereocenters. The number of methoxy groups -OCH3 is 1. The SMILES string of the molecule is COc1ccccc1C(O)c1csc(N(Cl)S(=O)(=O)c2ccccc2C)n1.Cc1c(Cl)cccc1S(=O)(=O)Nc1nc(C(O)c2ccc(C#N)cc2)cs1. The Kier molecular flexibility index (Phi) is 13.0. The third kappa shape index (κ3) is 9.03. The lowest BCUT2D eigenvalue weighted by molar-refractivity contribution is 0.211. The fourth-order valence-electron chi connectivity index (χ4n) is 4.99. The standard InChI is InChI=1S/C18H14ClN3O3S2.C18H17ClN2O4S2/c1-11-14(19)3-2-4-16(11)27(24,25)22-18-21-15(10-26-18)17(23)13-7-5-12(9-20)6-8-13;1-12-7-3-6-10-16(12)27(23,24)21(19)18-20-14(11-26-18)17(22)13-8-4-5-9-15(13)25-2/h2-8,10,17,23H,1H3,(H,21,22);3-11,17,22H,1-2H3. The number of nitriles is 1. The molecule has 2 atom stereocenters. The molecule has 0 spiro atoms. The van der Waals surface area contributed by atoms with Gasteiger partial charge in [0.1, 0.15) is 18.0 Å². The van der Waals surface area contributed by atoms with Gasteiger partial charge in [0.2, 0.25) is 5.13 Å². The van der Waals surface area contributed by atoms with Crippen molar-refractivity contribution in [1.29, 1.82) is 5.26 Å². The number of rotatable bonds is 11. The smallest absolute Gasteiger partial charge is 0.280 e. The summed E-state index contributed by atoms with van der Waals surface area (Å²) in [5, 5.41) is 33.6. The molecule has 18 heteroatoms. The maximum atomic E-state index is 12.8. The van der Waals surface area contributed by atoms with Gasteiger partial charge in [0, 0.05) is 33.1 Å². The summed E-state index contributed by atoms with van der Waals surface area (Å²) in [5.41, 5.74) is 3.18.